The van der Waals surface area contributed by atoms with Gasteiger partial charge in [0.15, 0.2) is 0 Å². The van der Waals surface area contributed by atoms with Gasteiger partial charge in [-0.25, -0.2) is 0 Å². The molecule has 4 rings (SSSR count). The van der Waals surface area contributed by atoms with Crippen molar-refractivity contribution in [2.75, 3.05) is 33.0 Å². The summed E-state index contributed by atoms with van der Waals surface area (Å²) < 4.78 is 23.9. The number of hydrogen-bond donors (Lipinski definition) is 0. The smallest absolute Gasteiger partial charge is 0.0924 e. The zero-order valence-corrected chi connectivity index (χ0v) is 12.3. The fourth-order valence-electron chi connectivity index (χ4n) is 4.41. The Morgan fingerprint density at radius 3 is 1.55 bits per heavy atom. The van der Waals surface area contributed by atoms with Gasteiger partial charge in [0.2, 0.25) is 0 Å². The molecule has 0 saturated carbocycles. The first kappa shape index (κ1) is 13.5. The number of rotatable bonds is 0. The Balaban J connectivity index is 1.41. The van der Waals surface area contributed by atoms with E-state index >= 15 is 0 Å². The molecule has 4 fully saturated rings. The van der Waals surface area contributed by atoms with Gasteiger partial charge in [0.1, 0.15) is 0 Å². The lowest BCUT2D eigenvalue weighted by molar-refractivity contribution is -0.230. The minimum atomic E-state index is 0.000887. The number of ether oxygens (including phenoxy) is 4. The van der Waals surface area contributed by atoms with E-state index in [0.717, 1.165) is 71.6 Å². The molecule has 4 aliphatic rings. The lowest BCUT2D eigenvalue weighted by Crippen LogP contribution is -2.52. The Labute approximate surface area is 121 Å². The second kappa shape index (κ2) is 4.94. The van der Waals surface area contributed by atoms with Gasteiger partial charge in [-0.05, 0) is 51.4 Å². The van der Waals surface area contributed by atoms with E-state index in [-0.39, 0.29) is 16.8 Å². The molecule has 0 aliphatic carbocycles. The van der Waals surface area contributed by atoms with E-state index in [1.165, 1.54) is 12.8 Å². The van der Waals surface area contributed by atoms with Crippen LogP contribution in [0.1, 0.15) is 51.4 Å². The summed E-state index contributed by atoms with van der Waals surface area (Å²) in [5.41, 5.74) is 0.195. The first-order chi connectivity index (χ1) is 9.74. The van der Waals surface area contributed by atoms with Crippen molar-refractivity contribution in [3.8, 4) is 0 Å². The number of hydrogen-bond acceptors (Lipinski definition) is 4. The highest BCUT2D eigenvalue weighted by Crippen LogP contribution is 2.50. The molecule has 4 saturated heterocycles. The lowest BCUT2D eigenvalue weighted by Gasteiger charge is -2.47. The van der Waals surface area contributed by atoms with Crippen LogP contribution in [0.4, 0.5) is 0 Å². The monoisotopic (exact) mass is 282 g/mol. The molecule has 0 bridgehead atoms. The quantitative estimate of drug-likeness (QED) is 0.684. The third-order valence-corrected chi connectivity index (χ3v) is 5.95. The normalized spacial score (nSPS) is 39.6. The minimum absolute atomic E-state index is 0.000887. The molecule has 114 valence electrons. The summed E-state index contributed by atoms with van der Waals surface area (Å²) in [5, 5.41) is 0. The van der Waals surface area contributed by atoms with Gasteiger partial charge in [0, 0.05) is 26.4 Å². The highest BCUT2D eigenvalue weighted by molar-refractivity contribution is 5.02. The van der Waals surface area contributed by atoms with Crippen LogP contribution in [-0.4, -0.2) is 49.8 Å². The lowest BCUT2D eigenvalue weighted by atomic mass is 9.80. The van der Waals surface area contributed by atoms with E-state index < -0.39 is 0 Å². The van der Waals surface area contributed by atoms with Crippen molar-refractivity contribution in [2.24, 2.45) is 0 Å². The molecule has 0 N–H and O–H groups in total. The second-order valence-electron chi connectivity index (χ2n) is 7.16. The highest BCUT2D eigenvalue weighted by atomic mass is 16.6. The van der Waals surface area contributed by atoms with Gasteiger partial charge in [-0.1, -0.05) is 0 Å². The predicted molar refractivity (Wildman–Crippen MR) is 73.8 cm³/mol. The summed E-state index contributed by atoms with van der Waals surface area (Å²) >= 11 is 0. The van der Waals surface area contributed by atoms with Crippen molar-refractivity contribution >= 4 is 0 Å². The fraction of sp³-hybridized carbons (Fsp3) is 1.00. The summed E-state index contributed by atoms with van der Waals surface area (Å²) in [6.07, 6.45) is 8.90. The minimum Gasteiger partial charge on any atom is -0.381 e. The van der Waals surface area contributed by atoms with Gasteiger partial charge < -0.3 is 18.9 Å². The van der Waals surface area contributed by atoms with Crippen molar-refractivity contribution in [3.63, 3.8) is 0 Å². The molecule has 0 amide bonds. The van der Waals surface area contributed by atoms with Crippen molar-refractivity contribution in [1.29, 1.82) is 0 Å². The zero-order valence-electron chi connectivity index (χ0n) is 12.3. The molecule has 0 aromatic carbocycles. The van der Waals surface area contributed by atoms with Crippen molar-refractivity contribution in [2.45, 2.75) is 68.2 Å². The molecule has 1 unspecified atom stereocenters. The molecular weight excluding hydrogens is 256 g/mol. The van der Waals surface area contributed by atoms with Crippen LogP contribution in [0.15, 0.2) is 0 Å². The summed E-state index contributed by atoms with van der Waals surface area (Å²) in [4.78, 5) is 0. The molecule has 4 heterocycles. The van der Waals surface area contributed by atoms with Gasteiger partial charge in [-0.3, -0.25) is 0 Å². The maximum atomic E-state index is 6.62. The summed E-state index contributed by atoms with van der Waals surface area (Å²) in [6, 6.07) is 0. The summed E-state index contributed by atoms with van der Waals surface area (Å²) in [5.74, 6) is 0. The third kappa shape index (κ3) is 2.31. The average Bonchev–Trinajstić information content (AvgIpc) is 2.84. The SMILES string of the molecule is C1CC2(CCO1)CCC1(CCC3(CCOCC3)O1)CO2. The molecule has 4 nitrogen and oxygen atoms in total. The van der Waals surface area contributed by atoms with E-state index in [0.29, 0.717) is 0 Å². The maximum absolute atomic E-state index is 6.62. The predicted octanol–water partition coefficient (Wildman–Crippen LogP) is 2.44. The van der Waals surface area contributed by atoms with Crippen LogP contribution in [-0.2, 0) is 18.9 Å². The van der Waals surface area contributed by atoms with E-state index in [4.69, 9.17) is 18.9 Å². The van der Waals surface area contributed by atoms with E-state index in [9.17, 15) is 0 Å². The molecule has 0 aromatic heterocycles. The van der Waals surface area contributed by atoms with Crippen LogP contribution in [0.5, 0.6) is 0 Å². The average molecular weight is 282 g/mol. The molecule has 0 radical (unpaired) electrons. The molecule has 4 heteroatoms. The van der Waals surface area contributed by atoms with Crippen LogP contribution in [0.25, 0.3) is 0 Å². The van der Waals surface area contributed by atoms with E-state index in [1.54, 1.807) is 0 Å². The Hall–Kier alpha value is -0.160. The zero-order chi connectivity index (χ0) is 13.5. The summed E-state index contributed by atoms with van der Waals surface area (Å²) in [6.45, 7) is 4.22. The Bertz CT molecular complexity index is 345. The summed E-state index contributed by atoms with van der Waals surface area (Å²) in [7, 11) is 0. The Kier molecular flexibility index (Phi) is 3.33. The van der Waals surface area contributed by atoms with Crippen LogP contribution in [0, 0.1) is 0 Å². The molecule has 4 aliphatic heterocycles. The first-order valence-electron chi connectivity index (χ1n) is 8.24. The molecule has 20 heavy (non-hydrogen) atoms. The van der Waals surface area contributed by atoms with Crippen LogP contribution >= 0.6 is 0 Å². The maximum Gasteiger partial charge on any atom is 0.0924 e. The van der Waals surface area contributed by atoms with E-state index in [1.807, 2.05) is 0 Å². The van der Waals surface area contributed by atoms with Crippen molar-refractivity contribution in [1.82, 2.24) is 0 Å². The van der Waals surface area contributed by atoms with Crippen LogP contribution in [0.2, 0.25) is 0 Å². The van der Waals surface area contributed by atoms with Gasteiger partial charge in [0.05, 0.1) is 23.4 Å². The largest absolute Gasteiger partial charge is 0.381 e. The Morgan fingerprint density at radius 2 is 1.00 bits per heavy atom. The van der Waals surface area contributed by atoms with Gasteiger partial charge in [-0.2, -0.15) is 0 Å². The second-order valence-corrected chi connectivity index (χ2v) is 7.16. The molecule has 1 atom stereocenters. The van der Waals surface area contributed by atoms with Crippen LogP contribution in [0.3, 0.4) is 0 Å². The van der Waals surface area contributed by atoms with Gasteiger partial charge >= 0.3 is 0 Å². The highest BCUT2D eigenvalue weighted by Gasteiger charge is 2.53. The topological polar surface area (TPSA) is 36.9 Å². The standard InChI is InChI=1S/C16H26O4/c1-3-16(13-19-14(1)5-9-17-10-6-14)4-2-15(20-16)7-11-18-12-8-15/h1-13H2. The van der Waals surface area contributed by atoms with Crippen LogP contribution < -0.4 is 0 Å². The van der Waals surface area contributed by atoms with E-state index in [2.05, 4.69) is 0 Å². The fourth-order valence-corrected chi connectivity index (χ4v) is 4.41. The van der Waals surface area contributed by atoms with Gasteiger partial charge in [-0.15, -0.1) is 0 Å². The van der Waals surface area contributed by atoms with Crippen molar-refractivity contribution in [3.05, 3.63) is 0 Å². The Morgan fingerprint density at radius 1 is 0.500 bits per heavy atom. The first-order valence-corrected chi connectivity index (χ1v) is 8.24. The molecule has 3 spiro atoms. The van der Waals surface area contributed by atoms with Crippen molar-refractivity contribution < 1.29 is 18.9 Å². The molecule has 0 aromatic rings. The van der Waals surface area contributed by atoms with Gasteiger partial charge in [0.25, 0.3) is 0 Å². The molecular formula is C16H26O4. The third-order valence-electron chi connectivity index (χ3n) is 5.95.